The number of aliphatic carboxylic acids is 1. The van der Waals surface area contributed by atoms with Crippen LogP contribution in [0.25, 0.3) is 0 Å². The molecule has 0 aliphatic carbocycles. The minimum absolute atomic E-state index is 0.00389. The monoisotopic (exact) mass is 205 g/mol. The maximum Gasteiger partial charge on any atom is 0.314 e. The van der Waals surface area contributed by atoms with Crippen LogP contribution in [0.2, 0.25) is 0 Å². The van der Waals surface area contributed by atoms with Crippen molar-refractivity contribution in [1.82, 2.24) is 0 Å². The van der Waals surface area contributed by atoms with Crippen molar-refractivity contribution in [3.8, 4) is 0 Å². The van der Waals surface area contributed by atoms with E-state index >= 15 is 0 Å². The van der Waals surface area contributed by atoms with Crippen LogP contribution < -0.4 is 0 Å². The van der Waals surface area contributed by atoms with E-state index in [0.29, 0.717) is 6.61 Å². The molecule has 0 rings (SSSR count). The van der Waals surface area contributed by atoms with E-state index in [1.54, 1.807) is 0 Å². The minimum atomic E-state index is -0.936. The second kappa shape index (κ2) is 5.11. The molecule has 0 bridgehead atoms. The lowest BCUT2D eigenvalue weighted by Gasteiger charge is -2.18. The molecule has 0 saturated heterocycles. The standard InChI is InChI=1S/C8H15NO3S/c1-8(2,3)5-12-7(9)13-4-6(10)11/h9H,4-5H2,1-3H3,(H,10,11). The van der Waals surface area contributed by atoms with Gasteiger partial charge in [0.15, 0.2) is 0 Å². The van der Waals surface area contributed by atoms with Gasteiger partial charge in [0.2, 0.25) is 5.23 Å². The topological polar surface area (TPSA) is 70.4 Å². The van der Waals surface area contributed by atoms with Crippen LogP contribution in [0.15, 0.2) is 0 Å². The Bertz CT molecular complexity index is 198. The van der Waals surface area contributed by atoms with E-state index in [4.69, 9.17) is 15.3 Å². The van der Waals surface area contributed by atoms with Crippen LogP contribution in [0.5, 0.6) is 0 Å². The summed E-state index contributed by atoms with van der Waals surface area (Å²) in [6.45, 7) is 6.39. The van der Waals surface area contributed by atoms with Gasteiger partial charge in [0, 0.05) is 0 Å². The van der Waals surface area contributed by atoms with Crippen LogP contribution in [-0.2, 0) is 9.53 Å². The highest BCUT2D eigenvalue weighted by atomic mass is 32.2. The Morgan fingerprint density at radius 1 is 1.54 bits per heavy atom. The average Bonchev–Trinajstić information content (AvgIpc) is 1.95. The summed E-state index contributed by atoms with van der Waals surface area (Å²) in [5.41, 5.74) is -0.00389. The predicted molar refractivity (Wildman–Crippen MR) is 53.2 cm³/mol. The van der Waals surface area contributed by atoms with Crippen molar-refractivity contribution in [2.75, 3.05) is 12.4 Å². The molecule has 0 aliphatic heterocycles. The lowest BCUT2D eigenvalue weighted by atomic mass is 9.99. The molecular formula is C8H15NO3S. The largest absolute Gasteiger partial charge is 0.481 e. The summed E-state index contributed by atoms with van der Waals surface area (Å²) < 4.78 is 5.04. The molecule has 0 heterocycles. The van der Waals surface area contributed by atoms with Crippen molar-refractivity contribution in [2.24, 2.45) is 5.41 Å². The molecule has 0 aliphatic rings. The van der Waals surface area contributed by atoms with Gasteiger partial charge in [-0.15, -0.1) is 0 Å². The second-order valence-corrected chi connectivity index (χ2v) is 4.77. The quantitative estimate of drug-likeness (QED) is 0.544. The molecule has 0 amide bonds. The summed E-state index contributed by atoms with van der Waals surface area (Å²) in [5, 5.41) is 15.5. The van der Waals surface area contributed by atoms with E-state index in [1.807, 2.05) is 20.8 Å². The first-order chi connectivity index (χ1) is 5.81. The highest BCUT2D eigenvalue weighted by Gasteiger charge is 2.12. The molecule has 5 heteroatoms. The van der Waals surface area contributed by atoms with E-state index in [2.05, 4.69) is 0 Å². The number of hydrogen-bond donors (Lipinski definition) is 2. The summed E-state index contributed by atoms with van der Waals surface area (Å²) in [5.74, 6) is -1.06. The zero-order valence-electron chi connectivity index (χ0n) is 8.09. The molecule has 0 saturated carbocycles. The van der Waals surface area contributed by atoms with Gasteiger partial charge < -0.3 is 9.84 Å². The zero-order chi connectivity index (χ0) is 10.5. The van der Waals surface area contributed by atoms with Crippen LogP contribution in [-0.4, -0.2) is 28.7 Å². The van der Waals surface area contributed by atoms with Gasteiger partial charge in [-0.3, -0.25) is 10.2 Å². The van der Waals surface area contributed by atoms with Crippen molar-refractivity contribution in [3.63, 3.8) is 0 Å². The van der Waals surface area contributed by atoms with E-state index in [-0.39, 0.29) is 16.4 Å². The van der Waals surface area contributed by atoms with Crippen LogP contribution in [0.1, 0.15) is 20.8 Å². The average molecular weight is 205 g/mol. The summed E-state index contributed by atoms with van der Waals surface area (Å²) >= 11 is 0.887. The Morgan fingerprint density at radius 3 is 2.46 bits per heavy atom. The Kier molecular flexibility index (Phi) is 4.83. The Hall–Kier alpha value is -0.710. The Balaban J connectivity index is 3.58. The van der Waals surface area contributed by atoms with Gasteiger partial charge in [0.1, 0.15) is 5.75 Å². The minimum Gasteiger partial charge on any atom is -0.481 e. The van der Waals surface area contributed by atoms with Crippen molar-refractivity contribution in [1.29, 1.82) is 5.41 Å². The normalized spacial score (nSPS) is 11.0. The van der Waals surface area contributed by atoms with E-state index in [9.17, 15) is 4.79 Å². The highest BCUT2D eigenvalue weighted by Crippen LogP contribution is 2.15. The predicted octanol–water partition coefficient (Wildman–Crippen LogP) is 1.80. The molecule has 2 N–H and O–H groups in total. The first-order valence-corrected chi connectivity index (χ1v) is 4.86. The van der Waals surface area contributed by atoms with Gasteiger partial charge in [0.25, 0.3) is 0 Å². The number of thioether (sulfide) groups is 1. The molecule has 0 fully saturated rings. The van der Waals surface area contributed by atoms with Gasteiger partial charge >= 0.3 is 5.97 Å². The lowest BCUT2D eigenvalue weighted by Crippen LogP contribution is -2.17. The van der Waals surface area contributed by atoms with Crippen molar-refractivity contribution < 1.29 is 14.6 Å². The van der Waals surface area contributed by atoms with E-state index < -0.39 is 5.97 Å². The molecule has 4 nitrogen and oxygen atoms in total. The molecule has 76 valence electrons. The second-order valence-electron chi connectivity index (χ2n) is 3.82. The SMILES string of the molecule is CC(C)(C)COC(=N)SCC(=O)O. The number of carboxylic acids is 1. The lowest BCUT2D eigenvalue weighted by molar-refractivity contribution is -0.133. The van der Waals surface area contributed by atoms with Crippen molar-refractivity contribution in [3.05, 3.63) is 0 Å². The van der Waals surface area contributed by atoms with E-state index in [1.165, 1.54) is 0 Å². The summed E-state index contributed by atoms with van der Waals surface area (Å²) in [7, 11) is 0. The third-order valence-corrected chi connectivity index (χ3v) is 1.73. The van der Waals surface area contributed by atoms with Gasteiger partial charge in [-0.05, 0) is 5.41 Å². The molecule has 13 heavy (non-hydrogen) atoms. The molecule has 0 aromatic rings. The van der Waals surface area contributed by atoms with Crippen LogP contribution in [0.4, 0.5) is 0 Å². The molecule has 0 unspecified atom stereocenters. The van der Waals surface area contributed by atoms with Crippen LogP contribution >= 0.6 is 11.8 Å². The van der Waals surface area contributed by atoms with Gasteiger partial charge in [0.05, 0.1) is 6.61 Å². The van der Waals surface area contributed by atoms with E-state index in [0.717, 1.165) is 11.8 Å². The number of rotatable bonds is 3. The third kappa shape index (κ3) is 9.20. The van der Waals surface area contributed by atoms with Crippen molar-refractivity contribution >= 4 is 23.0 Å². The van der Waals surface area contributed by atoms with Crippen molar-refractivity contribution in [2.45, 2.75) is 20.8 Å². The third-order valence-electron chi connectivity index (χ3n) is 0.963. The molecule has 0 spiro atoms. The maximum absolute atomic E-state index is 10.1. The van der Waals surface area contributed by atoms with Gasteiger partial charge in [-0.1, -0.05) is 32.5 Å². The first-order valence-electron chi connectivity index (χ1n) is 3.87. The summed E-state index contributed by atoms with van der Waals surface area (Å²) in [6, 6.07) is 0. The molecule has 0 atom stereocenters. The summed E-state index contributed by atoms with van der Waals surface area (Å²) in [4.78, 5) is 10.1. The Morgan fingerprint density at radius 2 is 2.08 bits per heavy atom. The number of nitrogens with one attached hydrogen (secondary N) is 1. The molecule has 0 aromatic carbocycles. The van der Waals surface area contributed by atoms with Gasteiger partial charge in [-0.2, -0.15) is 0 Å². The fourth-order valence-corrected chi connectivity index (χ4v) is 0.848. The molecule has 0 radical (unpaired) electrons. The first kappa shape index (κ1) is 12.3. The number of hydrogen-bond acceptors (Lipinski definition) is 4. The number of ether oxygens (including phenoxy) is 1. The molecule has 0 aromatic heterocycles. The summed E-state index contributed by atoms with van der Waals surface area (Å²) in [6.07, 6.45) is 0. The van der Waals surface area contributed by atoms with Crippen LogP contribution in [0, 0.1) is 10.8 Å². The fourth-order valence-electron chi connectivity index (χ4n) is 0.451. The highest BCUT2D eigenvalue weighted by molar-refractivity contribution is 8.13. The number of carboxylic acid groups (broad SMARTS) is 1. The Labute approximate surface area is 82.2 Å². The fraction of sp³-hybridized carbons (Fsp3) is 0.750. The maximum atomic E-state index is 10.1. The smallest absolute Gasteiger partial charge is 0.314 e. The number of carbonyl (C=O) groups is 1. The zero-order valence-corrected chi connectivity index (χ0v) is 8.90. The van der Waals surface area contributed by atoms with Gasteiger partial charge in [-0.25, -0.2) is 0 Å². The van der Waals surface area contributed by atoms with Crippen LogP contribution in [0.3, 0.4) is 0 Å². The molecular weight excluding hydrogens is 190 g/mol.